The van der Waals surface area contributed by atoms with Gasteiger partial charge in [0.05, 0.1) is 6.61 Å². The molecule has 0 heterocycles. The van der Waals surface area contributed by atoms with E-state index in [2.05, 4.69) is 42.5 Å². The summed E-state index contributed by atoms with van der Waals surface area (Å²) < 4.78 is 5.39. The molecule has 1 heteroatoms. The predicted molar refractivity (Wildman–Crippen MR) is 88.8 cm³/mol. The Morgan fingerprint density at radius 2 is 1.95 bits per heavy atom. The van der Waals surface area contributed by atoms with Crippen molar-refractivity contribution in [2.75, 3.05) is 13.7 Å². The SMILES string of the molecule is COCC1C=Cc2ccc3cc(C4CCCC4)ccc3c21. The van der Waals surface area contributed by atoms with E-state index in [1.54, 1.807) is 7.11 Å². The van der Waals surface area contributed by atoms with E-state index in [0.29, 0.717) is 5.92 Å². The Labute approximate surface area is 126 Å². The van der Waals surface area contributed by atoms with Crippen molar-refractivity contribution in [3.05, 3.63) is 53.1 Å². The number of rotatable bonds is 3. The van der Waals surface area contributed by atoms with Crippen molar-refractivity contribution in [1.82, 2.24) is 0 Å². The third-order valence-corrected chi connectivity index (χ3v) is 5.17. The fourth-order valence-corrected chi connectivity index (χ4v) is 4.10. The molecule has 0 spiro atoms. The number of hydrogen-bond acceptors (Lipinski definition) is 1. The first kappa shape index (κ1) is 13.1. The molecule has 2 aromatic carbocycles. The maximum atomic E-state index is 5.39. The van der Waals surface area contributed by atoms with Crippen LogP contribution in [0.3, 0.4) is 0 Å². The molecule has 1 unspecified atom stereocenters. The van der Waals surface area contributed by atoms with E-state index in [1.807, 2.05) is 0 Å². The van der Waals surface area contributed by atoms with Crippen LogP contribution in [0, 0.1) is 0 Å². The zero-order valence-electron chi connectivity index (χ0n) is 12.6. The highest BCUT2D eigenvalue weighted by molar-refractivity contribution is 5.91. The number of hydrogen-bond donors (Lipinski definition) is 0. The van der Waals surface area contributed by atoms with E-state index in [-0.39, 0.29) is 0 Å². The number of methoxy groups -OCH3 is 1. The lowest BCUT2D eigenvalue weighted by molar-refractivity contribution is 0.192. The van der Waals surface area contributed by atoms with Gasteiger partial charge in [-0.15, -0.1) is 0 Å². The Balaban J connectivity index is 1.79. The highest BCUT2D eigenvalue weighted by Crippen LogP contribution is 2.39. The topological polar surface area (TPSA) is 9.23 Å². The summed E-state index contributed by atoms with van der Waals surface area (Å²) >= 11 is 0. The van der Waals surface area contributed by atoms with Crippen LogP contribution in [0.5, 0.6) is 0 Å². The molecule has 0 aliphatic heterocycles. The maximum absolute atomic E-state index is 5.39. The second kappa shape index (κ2) is 5.31. The van der Waals surface area contributed by atoms with Crippen LogP contribution in [-0.4, -0.2) is 13.7 Å². The van der Waals surface area contributed by atoms with Crippen molar-refractivity contribution < 1.29 is 4.74 Å². The highest BCUT2D eigenvalue weighted by atomic mass is 16.5. The normalized spacial score (nSPS) is 21.3. The average Bonchev–Trinajstić information content (AvgIpc) is 3.17. The Morgan fingerprint density at radius 1 is 1.10 bits per heavy atom. The summed E-state index contributed by atoms with van der Waals surface area (Å²) in [5.41, 5.74) is 4.35. The van der Waals surface area contributed by atoms with Gasteiger partial charge in [-0.2, -0.15) is 0 Å². The number of benzene rings is 2. The standard InChI is InChI=1S/C20H22O/c1-21-13-18-9-7-15-6-8-17-12-16(14-4-2-3-5-14)10-11-19(17)20(15)18/h6-12,14,18H,2-5,13H2,1H3. The summed E-state index contributed by atoms with van der Waals surface area (Å²) in [6, 6.07) is 11.7. The van der Waals surface area contributed by atoms with Gasteiger partial charge in [0.25, 0.3) is 0 Å². The summed E-state index contributed by atoms with van der Waals surface area (Å²) in [5.74, 6) is 1.20. The second-order valence-electron chi connectivity index (χ2n) is 6.45. The van der Waals surface area contributed by atoms with Gasteiger partial charge in [0.15, 0.2) is 0 Å². The molecule has 1 atom stereocenters. The van der Waals surface area contributed by atoms with E-state index in [1.165, 1.54) is 53.1 Å². The third kappa shape index (κ3) is 2.20. The molecule has 21 heavy (non-hydrogen) atoms. The van der Waals surface area contributed by atoms with E-state index in [9.17, 15) is 0 Å². The summed E-state index contributed by atoms with van der Waals surface area (Å²) in [4.78, 5) is 0. The molecule has 108 valence electrons. The molecule has 1 saturated carbocycles. The van der Waals surface area contributed by atoms with Gasteiger partial charge in [-0.05, 0) is 46.2 Å². The van der Waals surface area contributed by atoms with Crippen LogP contribution >= 0.6 is 0 Å². The lowest BCUT2D eigenvalue weighted by atomic mass is 9.90. The highest BCUT2D eigenvalue weighted by Gasteiger charge is 2.21. The molecule has 2 aliphatic rings. The van der Waals surface area contributed by atoms with E-state index >= 15 is 0 Å². The molecule has 0 bridgehead atoms. The molecule has 0 saturated heterocycles. The fourth-order valence-electron chi connectivity index (χ4n) is 4.10. The van der Waals surface area contributed by atoms with Gasteiger partial charge in [-0.3, -0.25) is 0 Å². The lowest BCUT2D eigenvalue weighted by Gasteiger charge is -2.16. The average molecular weight is 278 g/mol. The molecule has 2 aromatic rings. The van der Waals surface area contributed by atoms with Gasteiger partial charge in [0, 0.05) is 13.0 Å². The fraction of sp³-hybridized carbons (Fsp3) is 0.400. The molecule has 2 aliphatic carbocycles. The van der Waals surface area contributed by atoms with Crippen molar-refractivity contribution in [3.8, 4) is 0 Å². The van der Waals surface area contributed by atoms with Gasteiger partial charge in [0.1, 0.15) is 0 Å². The van der Waals surface area contributed by atoms with Crippen molar-refractivity contribution in [2.45, 2.75) is 37.5 Å². The summed E-state index contributed by atoms with van der Waals surface area (Å²) in [6.45, 7) is 0.771. The Kier molecular flexibility index (Phi) is 3.31. The van der Waals surface area contributed by atoms with E-state index < -0.39 is 0 Å². The molecule has 0 aromatic heterocycles. The maximum Gasteiger partial charge on any atom is 0.0566 e. The lowest BCUT2D eigenvalue weighted by Crippen LogP contribution is -2.02. The number of ether oxygens (including phenoxy) is 1. The summed E-state index contributed by atoms with van der Waals surface area (Å²) in [6.07, 6.45) is 10.0. The van der Waals surface area contributed by atoms with Crippen molar-refractivity contribution in [2.24, 2.45) is 0 Å². The molecule has 1 nitrogen and oxygen atoms in total. The summed E-state index contributed by atoms with van der Waals surface area (Å²) in [7, 11) is 1.79. The largest absolute Gasteiger partial charge is 0.384 e. The van der Waals surface area contributed by atoms with Crippen molar-refractivity contribution in [3.63, 3.8) is 0 Å². The van der Waals surface area contributed by atoms with Gasteiger partial charge < -0.3 is 4.74 Å². The third-order valence-electron chi connectivity index (χ3n) is 5.17. The molecule has 0 radical (unpaired) electrons. The zero-order chi connectivity index (χ0) is 14.2. The van der Waals surface area contributed by atoms with Crippen molar-refractivity contribution in [1.29, 1.82) is 0 Å². The minimum Gasteiger partial charge on any atom is -0.384 e. The Hall–Kier alpha value is -1.60. The minimum absolute atomic E-state index is 0.408. The van der Waals surface area contributed by atoms with Gasteiger partial charge in [-0.1, -0.05) is 55.3 Å². The van der Waals surface area contributed by atoms with Crippen LogP contribution in [0.25, 0.3) is 16.8 Å². The smallest absolute Gasteiger partial charge is 0.0566 e. The molecular weight excluding hydrogens is 256 g/mol. The molecule has 1 fully saturated rings. The van der Waals surface area contributed by atoms with E-state index in [0.717, 1.165) is 12.5 Å². The van der Waals surface area contributed by atoms with Crippen LogP contribution in [0.1, 0.15) is 54.2 Å². The quantitative estimate of drug-likeness (QED) is 0.744. The van der Waals surface area contributed by atoms with Gasteiger partial charge in [0.2, 0.25) is 0 Å². The molecule has 4 rings (SSSR count). The first-order chi connectivity index (χ1) is 10.4. The molecular formula is C20H22O. The predicted octanol–water partition coefficient (Wildman–Crippen LogP) is 5.25. The van der Waals surface area contributed by atoms with Crippen LogP contribution in [0.4, 0.5) is 0 Å². The Morgan fingerprint density at radius 3 is 2.76 bits per heavy atom. The van der Waals surface area contributed by atoms with Crippen LogP contribution in [0.2, 0.25) is 0 Å². The molecule has 0 N–H and O–H groups in total. The monoisotopic (exact) mass is 278 g/mol. The number of fused-ring (bicyclic) bond motifs is 3. The van der Waals surface area contributed by atoms with Crippen molar-refractivity contribution >= 4 is 16.8 Å². The van der Waals surface area contributed by atoms with Crippen LogP contribution in [0.15, 0.2) is 36.4 Å². The minimum atomic E-state index is 0.408. The van der Waals surface area contributed by atoms with E-state index in [4.69, 9.17) is 4.74 Å². The van der Waals surface area contributed by atoms with Gasteiger partial charge in [-0.25, -0.2) is 0 Å². The molecule has 0 amide bonds. The van der Waals surface area contributed by atoms with Gasteiger partial charge >= 0.3 is 0 Å². The second-order valence-corrected chi connectivity index (χ2v) is 6.45. The first-order valence-corrected chi connectivity index (χ1v) is 8.10. The zero-order valence-corrected chi connectivity index (χ0v) is 12.6. The first-order valence-electron chi connectivity index (χ1n) is 8.10. The van der Waals surface area contributed by atoms with Crippen LogP contribution in [-0.2, 0) is 4.74 Å². The van der Waals surface area contributed by atoms with Crippen LogP contribution < -0.4 is 0 Å². The Bertz CT molecular complexity index is 692. The summed E-state index contributed by atoms with van der Waals surface area (Å²) in [5, 5.41) is 2.80.